The monoisotopic (exact) mass is 488 g/mol. The molecule has 0 unspecified atom stereocenters. The Morgan fingerprint density at radius 3 is 1.97 bits per heavy atom. The minimum Gasteiger partial charge on any atom is -0.466 e. The van der Waals surface area contributed by atoms with Crippen LogP contribution in [0.15, 0.2) is 0 Å². The van der Waals surface area contributed by atoms with Crippen LogP contribution in [0.25, 0.3) is 0 Å². The minimum atomic E-state index is -0.206. The second kappa shape index (κ2) is 23.9. The number of hydrogen-bond acceptors (Lipinski definition) is 7. The third kappa shape index (κ3) is 22.3. The topological polar surface area (TPSA) is 76.1 Å². The fourth-order valence-electron chi connectivity index (χ4n) is 3.35. The molecule has 8 heteroatoms. The van der Waals surface area contributed by atoms with Gasteiger partial charge in [-0.3, -0.25) is 14.4 Å². The highest BCUT2D eigenvalue weighted by Gasteiger charge is 2.14. The molecule has 0 aliphatic heterocycles. The maximum Gasteiger partial charge on any atom is 0.305 e. The number of thioether (sulfide) groups is 1. The molecule has 33 heavy (non-hydrogen) atoms. The summed E-state index contributed by atoms with van der Waals surface area (Å²) in [6, 6.07) is 0. The van der Waals surface area contributed by atoms with Crippen LogP contribution in [-0.4, -0.2) is 86.6 Å². The number of hydrogen-bond donors (Lipinski definition) is 0. The molecule has 0 aromatic rings. The van der Waals surface area contributed by atoms with Gasteiger partial charge in [-0.15, -0.1) is 0 Å². The summed E-state index contributed by atoms with van der Waals surface area (Å²) in [7, 11) is 3.99. The molecule has 194 valence electrons. The van der Waals surface area contributed by atoms with Gasteiger partial charge < -0.3 is 19.3 Å². The van der Waals surface area contributed by atoms with E-state index < -0.39 is 0 Å². The summed E-state index contributed by atoms with van der Waals surface area (Å²) < 4.78 is 10.0. The highest BCUT2D eigenvalue weighted by Crippen LogP contribution is 2.12. The van der Waals surface area contributed by atoms with E-state index in [1.165, 1.54) is 57.8 Å². The zero-order valence-corrected chi connectivity index (χ0v) is 22.2. The second-order valence-electron chi connectivity index (χ2n) is 8.71. The van der Waals surface area contributed by atoms with Crippen molar-refractivity contribution < 1.29 is 23.9 Å². The van der Waals surface area contributed by atoms with Crippen molar-refractivity contribution in [1.29, 1.82) is 0 Å². The summed E-state index contributed by atoms with van der Waals surface area (Å²) >= 11 is 1.57. The third-order valence-corrected chi connectivity index (χ3v) is 6.34. The summed E-state index contributed by atoms with van der Waals surface area (Å²) in [4.78, 5) is 38.5. The van der Waals surface area contributed by atoms with Crippen molar-refractivity contribution in [3.05, 3.63) is 0 Å². The van der Waals surface area contributed by atoms with E-state index in [1.807, 2.05) is 14.1 Å². The van der Waals surface area contributed by atoms with Crippen molar-refractivity contribution in [1.82, 2.24) is 9.80 Å². The van der Waals surface area contributed by atoms with E-state index in [0.29, 0.717) is 31.7 Å². The van der Waals surface area contributed by atoms with Gasteiger partial charge in [0, 0.05) is 18.7 Å². The van der Waals surface area contributed by atoms with Crippen LogP contribution in [0.3, 0.4) is 0 Å². The lowest BCUT2D eigenvalue weighted by Gasteiger charge is -2.22. The fraction of sp³-hybridized carbons (Fsp3) is 0.880. The van der Waals surface area contributed by atoms with Gasteiger partial charge in [0.1, 0.15) is 13.2 Å². The molecule has 0 radical (unpaired) electrons. The lowest BCUT2D eigenvalue weighted by Crippen LogP contribution is -2.38. The third-order valence-electron chi connectivity index (χ3n) is 5.42. The number of unbranched alkanes of at least 4 members (excludes halogenated alkanes) is 10. The summed E-state index contributed by atoms with van der Waals surface area (Å²) in [5.41, 5.74) is 0. The predicted octanol–water partition coefficient (Wildman–Crippen LogP) is 4.53. The molecule has 0 heterocycles. The van der Waals surface area contributed by atoms with Crippen LogP contribution in [0.4, 0.5) is 0 Å². The first-order chi connectivity index (χ1) is 16.0. The Morgan fingerprint density at radius 2 is 1.39 bits per heavy atom. The molecule has 0 saturated heterocycles. The molecule has 0 bridgehead atoms. The normalized spacial score (nSPS) is 10.9. The van der Waals surface area contributed by atoms with Gasteiger partial charge in [-0.2, -0.15) is 11.8 Å². The van der Waals surface area contributed by atoms with E-state index in [9.17, 15) is 14.4 Å². The average Bonchev–Trinajstić information content (AvgIpc) is 2.79. The first-order valence-electron chi connectivity index (χ1n) is 12.7. The quantitative estimate of drug-likeness (QED) is 0.112. The molecule has 7 nitrogen and oxygen atoms in total. The van der Waals surface area contributed by atoms with Crippen molar-refractivity contribution in [2.45, 2.75) is 84.0 Å². The Hall–Kier alpha value is -1.28. The summed E-state index contributed by atoms with van der Waals surface area (Å²) in [5, 5.41) is 0. The first-order valence-corrected chi connectivity index (χ1v) is 13.9. The minimum absolute atomic E-state index is 0.0327. The van der Waals surface area contributed by atoms with Crippen LogP contribution in [0.2, 0.25) is 0 Å². The predicted molar refractivity (Wildman–Crippen MR) is 137 cm³/mol. The van der Waals surface area contributed by atoms with Crippen molar-refractivity contribution in [2.24, 2.45) is 0 Å². The molecule has 0 aliphatic carbocycles. The van der Waals surface area contributed by atoms with Crippen LogP contribution < -0.4 is 0 Å². The highest BCUT2D eigenvalue weighted by molar-refractivity contribution is 7.99. The molecule has 0 saturated carbocycles. The van der Waals surface area contributed by atoms with E-state index in [2.05, 4.69) is 11.8 Å². The summed E-state index contributed by atoms with van der Waals surface area (Å²) in [6.07, 6.45) is 14.1. The van der Waals surface area contributed by atoms with Gasteiger partial charge in [-0.25, -0.2) is 0 Å². The molecule has 0 fully saturated rings. The number of carbonyl (C=O) groups excluding carboxylic acids is 3. The Morgan fingerprint density at radius 1 is 0.818 bits per heavy atom. The van der Waals surface area contributed by atoms with E-state index in [-0.39, 0.29) is 25.1 Å². The number of amides is 1. The molecule has 0 aromatic heterocycles. The van der Waals surface area contributed by atoms with E-state index in [4.69, 9.17) is 9.47 Å². The maximum atomic E-state index is 12.4. The zero-order valence-electron chi connectivity index (χ0n) is 21.4. The molecule has 0 aromatic carbocycles. The van der Waals surface area contributed by atoms with Crippen molar-refractivity contribution in [3.63, 3.8) is 0 Å². The number of ether oxygens (including phenoxy) is 2. The van der Waals surface area contributed by atoms with E-state index in [1.54, 1.807) is 16.7 Å². The molecular formula is C25H48N2O5S. The lowest BCUT2D eigenvalue weighted by molar-refractivity contribution is -0.145. The molecule has 0 N–H and O–H groups in total. The van der Waals surface area contributed by atoms with Gasteiger partial charge >= 0.3 is 5.97 Å². The van der Waals surface area contributed by atoms with Crippen LogP contribution in [0.1, 0.15) is 84.0 Å². The van der Waals surface area contributed by atoms with Gasteiger partial charge in [0.2, 0.25) is 5.91 Å². The SMILES string of the molecule is CCCCCCCCCCCCCC(=O)OCCN(CCOC=O)C(=O)CSCCN(C)C. The smallest absolute Gasteiger partial charge is 0.305 e. The molecule has 1 amide bonds. The molecular weight excluding hydrogens is 440 g/mol. The fourth-order valence-corrected chi connectivity index (χ4v) is 4.34. The van der Waals surface area contributed by atoms with Crippen LogP contribution >= 0.6 is 11.8 Å². The Kier molecular flexibility index (Phi) is 22.9. The summed E-state index contributed by atoms with van der Waals surface area (Å²) in [5.74, 6) is 0.991. The summed E-state index contributed by atoms with van der Waals surface area (Å²) in [6.45, 7) is 4.47. The van der Waals surface area contributed by atoms with Gasteiger partial charge in [0.25, 0.3) is 6.47 Å². The number of esters is 1. The molecule has 0 aliphatic rings. The molecule has 0 spiro atoms. The Balaban J connectivity index is 3.87. The van der Waals surface area contributed by atoms with Crippen molar-refractivity contribution in [3.8, 4) is 0 Å². The average molecular weight is 489 g/mol. The first kappa shape index (κ1) is 31.7. The van der Waals surface area contributed by atoms with Crippen molar-refractivity contribution >= 4 is 30.1 Å². The largest absolute Gasteiger partial charge is 0.466 e. The van der Waals surface area contributed by atoms with Gasteiger partial charge in [-0.05, 0) is 20.5 Å². The van der Waals surface area contributed by atoms with Crippen molar-refractivity contribution in [2.75, 3.05) is 58.4 Å². The van der Waals surface area contributed by atoms with Gasteiger partial charge in [-0.1, -0.05) is 71.1 Å². The van der Waals surface area contributed by atoms with Crippen LogP contribution in [-0.2, 0) is 23.9 Å². The van der Waals surface area contributed by atoms with E-state index >= 15 is 0 Å². The highest BCUT2D eigenvalue weighted by atomic mass is 32.2. The lowest BCUT2D eigenvalue weighted by atomic mass is 10.1. The van der Waals surface area contributed by atoms with Crippen LogP contribution in [0.5, 0.6) is 0 Å². The second-order valence-corrected chi connectivity index (χ2v) is 9.81. The number of nitrogens with zero attached hydrogens (tertiary/aromatic N) is 2. The standard InChI is InChI=1S/C25H48N2O5S/c1-4-5-6-7-8-9-10-11-12-13-14-15-25(30)32-20-17-27(16-19-31-23-28)24(29)22-33-21-18-26(2)3/h23H,4-22H2,1-3H3. The molecule has 0 atom stereocenters. The Bertz CT molecular complexity index is 491. The number of carbonyl (C=O) groups is 3. The van der Waals surface area contributed by atoms with Crippen LogP contribution in [0, 0.1) is 0 Å². The maximum absolute atomic E-state index is 12.4. The van der Waals surface area contributed by atoms with E-state index in [0.717, 1.165) is 25.1 Å². The Labute approximate surface area is 206 Å². The van der Waals surface area contributed by atoms with Gasteiger partial charge in [0.15, 0.2) is 0 Å². The number of rotatable bonds is 24. The molecule has 0 rings (SSSR count). The zero-order chi connectivity index (χ0) is 24.6. The van der Waals surface area contributed by atoms with Gasteiger partial charge in [0.05, 0.1) is 18.8 Å².